The summed E-state index contributed by atoms with van der Waals surface area (Å²) in [5.74, 6) is 1.70. The van der Waals surface area contributed by atoms with Gasteiger partial charge < -0.3 is 4.57 Å². The van der Waals surface area contributed by atoms with Crippen LogP contribution in [-0.2, 0) is 0 Å². The molecule has 0 saturated heterocycles. The first kappa shape index (κ1) is 12.4. The van der Waals surface area contributed by atoms with Gasteiger partial charge in [0.2, 0.25) is 0 Å². The molecule has 0 N–H and O–H groups in total. The average molecular weight is 203 g/mol. The van der Waals surface area contributed by atoms with Crippen molar-refractivity contribution >= 4 is 19.9 Å². The van der Waals surface area contributed by atoms with E-state index in [1.807, 2.05) is 0 Å². The first-order chi connectivity index (χ1) is 5.56. The molecule has 0 rings (SSSR count). The summed E-state index contributed by atoms with van der Waals surface area (Å²) in [5.41, 5.74) is 1.56. The van der Waals surface area contributed by atoms with Crippen LogP contribution in [0, 0.1) is 11.8 Å². The normalized spacial score (nSPS) is 13.2. The third-order valence-corrected chi connectivity index (χ3v) is 4.72. The van der Waals surface area contributed by atoms with E-state index in [2.05, 4.69) is 32.3 Å². The van der Waals surface area contributed by atoms with Gasteiger partial charge in [0.25, 0.3) is 0 Å². The van der Waals surface area contributed by atoms with Crippen molar-refractivity contribution in [3.63, 3.8) is 0 Å². The van der Waals surface area contributed by atoms with Crippen LogP contribution in [0.5, 0.6) is 0 Å². The molecule has 12 heavy (non-hydrogen) atoms. The molecule has 0 aromatic heterocycles. The van der Waals surface area contributed by atoms with Gasteiger partial charge in [0.05, 0.1) is 9.68 Å². The standard InChI is InChI=1S/C9H25NSi2/c1-8(2)5-10(12-7-11)6-9(3)4/h8-9H,5-7,12H2,1-4,11H3. The first-order valence-corrected chi connectivity index (χ1v) is 8.33. The van der Waals surface area contributed by atoms with E-state index >= 15 is 0 Å². The molecular formula is C9H25NSi2. The summed E-state index contributed by atoms with van der Waals surface area (Å²) in [5, 5.41) is 0. The fourth-order valence-corrected chi connectivity index (χ4v) is 5.53. The van der Waals surface area contributed by atoms with E-state index in [1.165, 1.54) is 23.3 Å². The predicted molar refractivity (Wildman–Crippen MR) is 64.5 cm³/mol. The Morgan fingerprint density at radius 3 is 1.75 bits per heavy atom. The van der Waals surface area contributed by atoms with Gasteiger partial charge in [-0.2, -0.15) is 0 Å². The third-order valence-electron chi connectivity index (χ3n) is 1.79. The zero-order valence-corrected chi connectivity index (χ0v) is 12.8. The molecule has 0 bridgehead atoms. The van der Waals surface area contributed by atoms with Crippen molar-refractivity contribution in [2.75, 3.05) is 13.1 Å². The Hall–Kier alpha value is 0.394. The molecule has 0 aromatic rings. The van der Waals surface area contributed by atoms with Gasteiger partial charge in [-0.1, -0.05) is 33.4 Å². The van der Waals surface area contributed by atoms with Gasteiger partial charge in [-0.15, -0.1) is 0 Å². The summed E-state index contributed by atoms with van der Waals surface area (Å²) in [6.07, 6.45) is 0. The topological polar surface area (TPSA) is 3.24 Å². The molecule has 1 nitrogen and oxygen atoms in total. The van der Waals surface area contributed by atoms with Crippen molar-refractivity contribution in [2.45, 2.75) is 33.4 Å². The molecule has 0 spiro atoms. The fourth-order valence-electron chi connectivity index (χ4n) is 1.61. The van der Waals surface area contributed by atoms with Crippen LogP contribution in [0.4, 0.5) is 0 Å². The first-order valence-electron chi connectivity index (χ1n) is 5.28. The number of rotatable bonds is 6. The highest BCUT2D eigenvalue weighted by Crippen LogP contribution is 2.02. The SMILES string of the molecule is CC(C)CN(CC(C)C)[SiH2]C[SiH3]. The van der Waals surface area contributed by atoms with Crippen molar-refractivity contribution in [1.29, 1.82) is 0 Å². The molecule has 74 valence electrons. The zero-order chi connectivity index (χ0) is 9.56. The quantitative estimate of drug-likeness (QED) is 0.566. The van der Waals surface area contributed by atoms with Crippen molar-refractivity contribution in [3.05, 3.63) is 0 Å². The second-order valence-electron chi connectivity index (χ2n) is 4.55. The van der Waals surface area contributed by atoms with E-state index in [-0.39, 0.29) is 9.68 Å². The Kier molecular flexibility index (Phi) is 7.09. The van der Waals surface area contributed by atoms with Gasteiger partial charge >= 0.3 is 0 Å². The lowest BCUT2D eigenvalue weighted by Crippen LogP contribution is -2.34. The van der Waals surface area contributed by atoms with Gasteiger partial charge in [-0.25, -0.2) is 0 Å². The maximum atomic E-state index is 2.75. The lowest BCUT2D eigenvalue weighted by atomic mass is 10.2. The number of hydrogen-bond donors (Lipinski definition) is 0. The van der Waals surface area contributed by atoms with Crippen LogP contribution in [0.2, 0.25) is 5.67 Å². The highest BCUT2D eigenvalue weighted by molar-refractivity contribution is 6.44. The average Bonchev–Trinajstić information content (AvgIpc) is 1.84. The summed E-state index contributed by atoms with van der Waals surface area (Å²) < 4.78 is 2.75. The third kappa shape index (κ3) is 7.07. The Morgan fingerprint density at radius 1 is 1.08 bits per heavy atom. The van der Waals surface area contributed by atoms with Crippen LogP contribution >= 0.6 is 0 Å². The van der Waals surface area contributed by atoms with Crippen LogP contribution in [0.25, 0.3) is 0 Å². The molecule has 0 aliphatic rings. The highest BCUT2D eigenvalue weighted by atomic mass is 28.3. The van der Waals surface area contributed by atoms with Gasteiger partial charge in [-0.05, 0) is 24.9 Å². The van der Waals surface area contributed by atoms with Crippen molar-refractivity contribution in [3.8, 4) is 0 Å². The molecular weight excluding hydrogens is 178 g/mol. The van der Waals surface area contributed by atoms with E-state index < -0.39 is 0 Å². The van der Waals surface area contributed by atoms with Crippen LogP contribution in [0.1, 0.15) is 27.7 Å². The summed E-state index contributed by atoms with van der Waals surface area (Å²) in [7, 11) is 1.55. The minimum Gasteiger partial charge on any atom is -0.329 e. The van der Waals surface area contributed by atoms with Crippen LogP contribution in [0.15, 0.2) is 0 Å². The van der Waals surface area contributed by atoms with Crippen molar-refractivity contribution < 1.29 is 0 Å². The second-order valence-corrected chi connectivity index (χ2v) is 9.89. The Balaban J connectivity index is 3.69. The lowest BCUT2D eigenvalue weighted by molar-refractivity contribution is 0.346. The molecule has 3 heteroatoms. The molecule has 0 aliphatic carbocycles. The van der Waals surface area contributed by atoms with Gasteiger partial charge in [-0.3, -0.25) is 0 Å². The number of nitrogens with zero attached hydrogens (tertiary/aromatic N) is 1. The minimum absolute atomic E-state index is 0.145. The summed E-state index contributed by atoms with van der Waals surface area (Å²) in [4.78, 5) is 0. The van der Waals surface area contributed by atoms with Gasteiger partial charge in [0.1, 0.15) is 0 Å². The van der Waals surface area contributed by atoms with E-state index in [9.17, 15) is 0 Å². The van der Waals surface area contributed by atoms with E-state index in [0.29, 0.717) is 0 Å². The largest absolute Gasteiger partial charge is 0.329 e. The Labute approximate surface area is 83.2 Å². The van der Waals surface area contributed by atoms with Gasteiger partial charge in [0, 0.05) is 10.2 Å². The summed E-state index contributed by atoms with van der Waals surface area (Å²) in [6, 6.07) is 0. The maximum Gasteiger partial charge on any atom is 0.0917 e. The highest BCUT2D eigenvalue weighted by Gasteiger charge is 2.07. The van der Waals surface area contributed by atoms with Crippen molar-refractivity contribution in [1.82, 2.24) is 4.57 Å². The zero-order valence-electron chi connectivity index (χ0n) is 9.43. The smallest absolute Gasteiger partial charge is 0.0917 e. The molecule has 0 heterocycles. The molecule has 0 aromatic carbocycles. The molecule has 0 atom stereocenters. The monoisotopic (exact) mass is 203 g/mol. The van der Waals surface area contributed by atoms with E-state index in [0.717, 1.165) is 11.8 Å². The Morgan fingerprint density at radius 2 is 1.50 bits per heavy atom. The molecule has 0 amide bonds. The summed E-state index contributed by atoms with van der Waals surface area (Å²) in [6.45, 7) is 12.0. The van der Waals surface area contributed by atoms with Crippen LogP contribution in [-0.4, -0.2) is 37.6 Å². The van der Waals surface area contributed by atoms with E-state index in [4.69, 9.17) is 0 Å². The minimum atomic E-state index is 0.145. The summed E-state index contributed by atoms with van der Waals surface area (Å²) >= 11 is 0. The van der Waals surface area contributed by atoms with Crippen LogP contribution in [0.3, 0.4) is 0 Å². The fraction of sp³-hybridized carbons (Fsp3) is 1.00. The molecule has 0 saturated carbocycles. The van der Waals surface area contributed by atoms with E-state index in [1.54, 1.807) is 5.67 Å². The lowest BCUT2D eigenvalue weighted by Gasteiger charge is -2.25. The number of hydrogen-bond acceptors (Lipinski definition) is 1. The molecule has 0 unspecified atom stereocenters. The molecule has 0 radical (unpaired) electrons. The molecule has 0 aliphatic heterocycles. The second kappa shape index (κ2) is 6.86. The Bertz CT molecular complexity index is 94.7. The molecule has 0 fully saturated rings. The van der Waals surface area contributed by atoms with Crippen LogP contribution < -0.4 is 0 Å². The van der Waals surface area contributed by atoms with Crippen molar-refractivity contribution in [2.24, 2.45) is 11.8 Å². The maximum absolute atomic E-state index is 2.75. The van der Waals surface area contributed by atoms with Gasteiger partial charge in [0.15, 0.2) is 0 Å². The predicted octanol–water partition coefficient (Wildman–Crippen LogP) is 0.425.